The van der Waals surface area contributed by atoms with Crippen LogP contribution in [0.5, 0.6) is 0 Å². The maximum atomic E-state index is 10.5. The zero-order chi connectivity index (χ0) is 10.4. The molecule has 0 amide bonds. The first-order valence-electron chi connectivity index (χ1n) is 3.82. The van der Waals surface area contributed by atoms with E-state index < -0.39 is 24.2 Å². The second-order valence-corrected chi connectivity index (χ2v) is 2.67. The lowest BCUT2D eigenvalue weighted by Gasteiger charge is -2.15. The summed E-state index contributed by atoms with van der Waals surface area (Å²) in [6, 6.07) is -1.02. The van der Waals surface area contributed by atoms with Gasteiger partial charge in [-0.05, 0) is 13.3 Å². The number of aliphatic hydroxyl groups is 1. The van der Waals surface area contributed by atoms with Crippen molar-refractivity contribution in [2.75, 3.05) is 0 Å². The number of aliphatic hydroxyl groups excluding tert-OH is 1. The second-order valence-electron chi connectivity index (χ2n) is 2.67. The van der Waals surface area contributed by atoms with Gasteiger partial charge in [-0.25, -0.2) is 0 Å². The van der Waals surface area contributed by atoms with Gasteiger partial charge in [-0.15, -0.1) is 0 Å². The van der Waals surface area contributed by atoms with E-state index in [0.717, 1.165) is 0 Å². The molecule has 2 atom stereocenters. The van der Waals surface area contributed by atoms with Gasteiger partial charge in [0.05, 0.1) is 0 Å². The molecular formula is C7H13NO5. The summed E-state index contributed by atoms with van der Waals surface area (Å²) in [4.78, 5) is 20.6. The molecule has 0 rings (SSSR count). The smallest absolute Gasteiger partial charge is 0.320 e. The number of hydrogen-bond acceptors (Lipinski definition) is 4. The van der Waals surface area contributed by atoms with E-state index in [1.165, 1.54) is 6.92 Å². The highest BCUT2D eigenvalue weighted by Crippen LogP contribution is 1.98. The van der Waals surface area contributed by atoms with E-state index in [1.807, 2.05) is 0 Å². The van der Waals surface area contributed by atoms with Crippen molar-refractivity contribution in [2.45, 2.75) is 32.0 Å². The lowest BCUT2D eigenvalue weighted by molar-refractivity contribution is -0.141. The molecule has 0 aromatic carbocycles. The highest BCUT2D eigenvalue weighted by atomic mass is 16.4. The van der Waals surface area contributed by atoms with Gasteiger partial charge in [-0.3, -0.25) is 14.9 Å². The van der Waals surface area contributed by atoms with Crippen LogP contribution in [0.3, 0.4) is 0 Å². The highest BCUT2D eigenvalue weighted by Gasteiger charge is 2.19. The topological polar surface area (TPSA) is 107 Å². The SMILES string of the molecule is CC(O)NC(CCC(=O)O)C(=O)O. The number of nitrogens with one attached hydrogen (secondary N) is 1. The molecular weight excluding hydrogens is 178 g/mol. The van der Waals surface area contributed by atoms with Crippen molar-refractivity contribution in [3.8, 4) is 0 Å². The monoisotopic (exact) mass is 191 g/mol. The third kappa shape index (κ3) is 6.06. The lowest BCUT2D eigenvalue weighted by atomic mass is 10.1. The van der Waals surface area contributed by atoms with Crippen LogP contribution in [0.15, 0.2) is 0 Å². The second kappa shape index (κ2) is 5.50. The summed E-state index contributed by atoms with van der Waals surface area (Å²) in [5.74, 6) is -2.22. The number of carboxylic acid groups (broad SMARTS) is 2. The maximum absolute atomic E-state index is 10.5. The molecule has 0 aromatic rings. The Morgan fingerprint density at radius 3 is 2.23 bits per heavy atom. The first kappa shape index (κ1) is 11.9. The summed E-state index contributed by atoms with van der Waals surface area (Å²) in [7, 11) is 0. The minimum Gasteiger partial charge on any atom is -0.481 e. The van der Waals surface area contributed by atoms with E-state index >= 15 is 0 Å². The van der Waals surface area contributed by atoms with Gasteiger partial charge in [0.25, 0.3) is 0 Å². The van der Waals surface area contributed by atoms with Crippen molar-refractivity contribution in [1.82, 2.24) is 5.32 Å². The third-order valence-corrected chi connectivity index (χ3v) is 1.39. The molecule has 0 aromatic heterocycles. The number of hydrogen-bond donors (Lipinski definition) is 4. The summed E-state index contributed by atoms with van der Waals surface area (Å²) in [6.07, 6.45) is -1.25. The standard InChI is InChI=1S/C7H13NO5/c1-4(9)8-5(7(12)13)2-3-6(10)11/h4-5,8-9H,2-3H2,1H3,(H,10,11)(H,12,13). The molecule has 2 unspecified atom stereocenters. The molecule has 0 spiro atoms. The van der Waals surface area contributed by atoms with Crippen molar-refractivity contribution in [1.29, 1.82) is 0 Å². The van der Waals surface area contributed by atoms with Crippen LogP contribution in [0.1, 0.15) is 19.8 Å². The molecule has 0 heterocycles. The van der Waals surface area contributed by atoms with E-state index in [4.69, 9.17) is 15.3 Å². The summed E-state index contributed by atoms with van der Waals surface area (Å²) in [6.45, 7) is 1.37. The van der Waals surface area contributed by atoms with E-state index in [-0.39, 0.29) is 12.8 Å². The van der Waals surface area contributed by atoms with Crippen LogP contribution in [-0.4, -0.2) is 39.5 Å². The molecule has 76 valence electrons. The fourth-order valence-corrected chi connectivity index (χ4v) is 0.837. The molecule has 0 aliphatic heterocycles. The minimum atomic E-state index is -1.16. The summed E-state index contributed by atoms with van der Waals surface area (Å²) < 4.78 is 0. The molecule has 0 saturated carbocycles. The average Bonchev–Trinajstić information content (AvgIpc) is 1.96. The van der Waals surface area contributed by atoms with Gasteiger partial charge in [-0.2, -0.15) is 0 Å². The minimum absolute atomic E-state index is 0.0461. The molecule has 0 radical (unpaired) electrons. The maximum Gasteiger partial charge on any atom is 0.320 e. The Labute approximate surface area is 75.2 Å². The Balaban J connectivity index is 3.95. The number of carboxylic acids is 2. The Bertz CT molecular complexity index is 191. The van der Waals surface area contributed by atoms with Crippen LogP contribution in [0.2, 0.25) is 0 Å². The predicted octanol–water partition coefficient (Wildman–Crippen LogP) is -0.768. The Kier molecular flexibility index (Phi) is 5.01. The predicted molar refractivity (Wildman–Crippen MR) is 43.1 cm³/mol. The van der Waals surface area contributed by atoms with Crippen LogP contribution in [0.4, 0.5) is 0 Å². The van der Waals surface area contributed by atoms with E-state index in [1.54, 1.807) is 0 Å². The van der Waals surface area contributed by atoms with Crippen LogP contribution in [0, 0.1) is 0 Å². The first-order chi connectivity index (χ1) is 5.93. The summed E-state index contributed by atoms with van der Waals surface area (Å²) in [5, 5.41) is 28.0. The number of aliphatic carboxylic acids is 2. The van der Waals surface area contributed by atoms with Gasteiger partial charge in [0.1, 0.15) is 12.3 Å². The van der Waals surface area contributed by atoms with Gasteiger partial charge >= 0.3 is 11.9 Å². The fourth-order valence-electron chi connectivity index (χ4n) is 0.837. The Morgan fingerprint density at radius 1 is 1.38 bits per heavy atom. The molecule has 6 heteroatoms. The summed E-state index contributed by atoms with van der Waals surface area (Å²) in [5.41, 5.74) is 0. The molecule has 6 nitrogen and oxygen atoms in total. The van der Waals surface area contributed by atoms with Gasteiger partial charge < -0.3 is 15.3 Å². The van der Waals surface area contributed by atoms with E-state index in [0.29, 0.717) is 0 Å². The Hall–Kier alpha value is -1.14. The van der Waals surface area contributed by atoms with Crippen LogP contribution in [0.25, 0.3) is 0 Å². The van der Waals surface area contributed by atoms with E-state index in [2.05, 4.69) is 5.32 Å². The van der Waals surface area contributed by atoms with Crippen molar-refractivity contribution < 1.29 is 24.9 Å². The fraction of sp³-hybridized carbons (Fsp3) is 0.714. The number of rotatable bonds is 6. The lowest BCUT2D eigenvalue weighted by Crippen LogP contribution is -2.42. The Morgan fingerprint density at radius 2 is 1.92 bits per heavy atom. The highest BCUT2D eigenvalue weighted by molar-refractivity contribution is 5.75. The van der Waals surface area contributed by atoms with Gasteiger partial charge in [-0.1, -0.05) is 0 Å². The van der Waals surface area contributed by atoms with Crippen LogP contribution in [-0.2, 0) is 9.59 Å². The van der Waals surface area contributed by atoms with Crippen LogP contribution >= 0.6 is 0 Å². The molecule has 0 aliphatic rings. The van der Waals surface area contributed by atoms with Crippen LogP contribution < -0.4 is 5.32 Å². The van der Waals surface area contributed by atoms with Gasteiger partial charge in [0.15, 0.2) is 0 Å². The summed E-state index contributed by atoms with van der Waals surface area (Å²) >= 11 is 0. The van der Waals surface area contributed by atoms with Crippen molar-refractivity contribution in [2.24, 2.45) is 0 Å². The average molecular weight is 191 g/mol. The zero-order valence-corrected chi connectivity index (χ0v) is 7.23. The molecule has 13 heavy (non-hydrogen) atoms. The number of carbonyl (C=O) groups is 2. The molecule has 4 N–H and O–H groups in total. The van der Waals surface area contributed by atoms with Gasteiger partial charge in [0.2, 0.25) is 0 Å². The molecule has 0 fully saturated rings. The van der Waals surface area contributed by atoms with E-state index in [9.17, 15) is 9.59 Å². The van der Waals surface area contributed by atoms with Crippen molar-refractivity contribution >= 4 is 11.9 Å². The van der Waals surface area contributed by atoms with Gasteiger partial charge in [0, 0.05) is 6.42 Å². The van der Waals surface area contributed by atoms with Crippen molar-refractivity contribution in [3.05, 3.63) is 0 Å². The molecule has 0 aliphatic carbocycles. The zero-order valence-electron chi connectivity index (χ0n) is 7.23. The largest absolute Gasteiger partial charge is 0.481 e. The van der Waals surface area contributed by atoms with Crippen molar-refractivity contribution in [3.63, 3.8) is 0 Å². The normalized spacial score (nSPS) is 14.9. The first-order valence-corrected chi connectivity index (χ1v) is 3.82. The molecule has 0 saturated heterocycles. The molecule has 0 bridgehead atoms. The quantitative estimate of drug-likeness (QED) is 0.411. The third-order valence-electron chi connectivity index (χ3n) is 1.39.